The highest BCUT2D eigenvalue weighted by molar-refractivity contribution is 7.13. The summed E-state index contributed by atoms with van der Waals surface area (Å²) in [5.41, 5.74) is 3.44. The third-order valence-corrected chi connectivity index (χ3v) is 4.00. The molecule has 23 heavy (non-hydrogen) atoms. The van der Waals surface area contributed by atoms with Crippen LogP contribution in [0.15, 0.2) is 66.2 Å². The number of hydrogen-bond acceptors (Lipinski definition) is 4. The Labute approximate surface area is 138 Å². The van der Waals surface area contributed by atoms with Gasteiger partial charge in [0.2, 0.25) is 5.91 Å². The predicted molar refractivity (Wildman–Crippen MR) is 94.2 cm³/mol. The molecule has 114 valence electrons. The van der Waals surface area contributed by atoms with Gasteiger partial charge in [-0.2, -0.15) is 0 Å². The number of carbonyl (C=O) groups excluding carboxylic acids is 1. The van der Waals surface area contributed by atoms with Crippen LogP contribution in [0.1, 0.15) is 6.92 Å². The summed E-state index contributed by atoms with van der Waals surface area (Å²) in [6.07, 6.45) is 4.96. The first-order valence-corrected chi connectivity index (χ1v) is 8.05. The van der Waals surface area contributed by atoms with Crippen LogP contribution in [-0.2, 0) is 4.79 Å². The predicted octanol–water partition coefficient (Wildman–Crippen LogP) is 4.39. The Morgan fingerprint density at radius 1 is 1.17 bits per heavy atom. The van der Waals surface area contributed by atoms with Gasteiger partial charge >= 0.3 is 0 Å². The van der Waals surface area contributed by atoms with E-state index in [1.54, 1.807) is 23.6 Å². The average molecular weight is 321 g/mol. The lowest BCUT2D eigenvalue weighted by atomic mass is 10.1. The first-order valence-electron chi connectivity index (χ1n) is 7.17. The van der Waals surface area contributed by atoms with Gasteiger partial charge in [0.15, 0.2) is 0 Å². The van der Waals surface area contributed by atoms with Crippen LogP contribution in [0, 0.1) is 0 Å². The second kappa shape index (κ2) is 6.98. The molecular formula is C18H15N3OS. The van der Waals surface area contributed by atoms with E-state index in [-0.39, 0.29) is 5.91 Å². The second-order valence-electron chi connectivity index (χ2n) is 4.82. The molecule has 0 saturated heterocycles. The van der Waals surface area contributed by atoms with Crippen molar-refractivity contribution in [3.8, 4) is 22.0 Å². The number of allylic oxidation sites excluding steroid dienone is 1. The van der Waals surface area contributed by atoms with Crippen molar-refractivity contribution in [2.45, 2.75) is 6.92 Å². The summed E-state index contributed by atoms with van der Waals surface area (Å²) in [5, 5.41) is 5.70. The maximum Gasteiger partial charge on any atom is 0.248 e. The number of hydrogen-bond donors (Lipinski definition) is 1. The minimum absolute atomic E-state index is 0.142. The summed E-state index contributed by atoms with van der Waals surface area (Å²) in [5.74, 6) is -0.142. The smallest absolute Gasteiger partial charge is 0.248 e. The molecule has 3 rings (SSSR count). The van der Waals surface area contributed by atoms with Gasteiger partial charge in [0.05, 0.1) is 11.4 Å². The maximum atomic E-state index is 11.6. The number of anilines is 1. The Balaban J connectivity index is 1.85. The molecule has 0 spiro atoms. The van der Waals surface area contributed by atoms with Crippen molar-refractivity contribution < 1.29 is 4.79 Å². The molecule has 4 nitrogen and oxygen atoms in total. The fourth-order valence-electron chi connectivity index (χ4n) is 2.10. The Morgan fingerprint density at radius 3 is 2.87 bits per heavy atom. The number of amides is 1. The number of nitrogens with one attached hydrogen (secondary N) is 1. The minimum atomic E-state index is -0.142. The molecule has 0 fully saturated rings. The molecular weight excluding hydrogens is 306 g/mol. The van der Waals surface area contributed by atoms with Crippen LogP contribution in [-0.4, -0.2) is 15.9 Å². The molecule has 1 amide bonds. The van der Waals surface area contributed by atoms with Gasteiger partial charge in [0, 0.05) is 22.8 Å². The Hall–Kier alpha value is -2.79. The number of thiazole rings is 1. The van der Waals surface area contributed by atoms with E-state index >= 15 is 0 Å². The quantitative estimate of drug-likeness (QED) is 0.725. The Bertz CT molecular complexity index is 840. The minimum Gasteiger partial charge on any atom is -0.323 e. The zero-order chi connectivity index (χ0) is 16.1. The molecule has 0 radical (unpaired) electrons. The van der Waals surface area contributed by atoms with Gasteiger partial charge in [-0.3, -0.25) is 9.78 Å². The zero-order valence-corrected chi connectivity index (χ0v) is 13.4. The molecule has 0 atom stereocenters. The first-order chi connectivity index (χ1) is 11.3. The number of rotatable bonds is 4. The van der Waals surface area contributed by atoms with E-state index in [4.69, 9.17) is 0 Å². The van der Waals surface area contributed by atoms with Gasteiger partial charge < -0.3 is 5.32 Å². The third-order valence-electron chi connectivity index (χ3n) is 3.13. The van der Waals surface area contributed by atoms with Crippen LogP contribution < -0.4 is 5.32 Å². The van der Waals surface area contributed by atoms with E-state index < -0.39 is 0 Å². The van der Waals surface area contributed by atoms with E-state index in [2.05, 4.69) is 15.3 Å². The summed E-state index contributed by atoms with van der Waals surface area (Å²) < 4.78 is 0. The molecule has 5 heteroatoms. The molecule has 0 unspecified atom stereocenters. The highest BCUT2D eigenvalue weighted by Crippen LogP contribution is 2.28. The molecule has 1 aromatic carbocycles. The topological polar surface area (TPSA) is 54.9 Å². The van der Waals surface area contributed by atoms with Crippen LogP contribution >= 0.6 is 11.3 Å². The molecule has 0 aliphatic heterocycles. The van der Waals surface area contributed by atoms with Crippen molar-refractivity contribution >= 4 is 22.9 Å². The van der Waals surface area contributed by atoms with Gasteiger partial charge in [-0.25, -0.2) is 4.98 Å². The molecule has 0 aliphatic carbocycles. The van der Waals surface area contributed by atoms with E-state index in [1.807, 2.05) is 54.8 Å². The van der Waals surface area contributed by atoms with E-state index in [1.165, 1.54) is 6.08 Å². The van der Waals surface area contributed by atoms with E-state index in [9.17, 15) is 4.79 Å². The van der Waals surface area contributed by atoms with Crippen molar-refractivity contribution in [3.05, 3.63) is 66.2 Å². The number of aromatic nitrogens is 2. The number of nitrogens with zero attached hydrogens (tertiary/aromatic N) is 2. The van der Waals surface area contributed by atoms with Crippen molar-refractivity contribution in [3.63, 3.8) is 0 Å². The van der Waals surface area contributed by atoms with Gasteiger partial charge in [0.1, 0.15) is 5.01 Å². The highest BCUT2D eigenvalue weighted by Gasteiger charge is 2.08. The molecule has 2 heterocycles. The Morgan fingerprint density at radius 2 is 2.09 bits per heavy atom. The fourth-order valence-corrected chi connectivity index (χ4v) is 2.91. The Kier molecular flexibility index (Phi) is 4.59. The van der Waals surface area contributed by atoms with Crippen molar-refractivity contribution in [2.24, 2.45) is 0 Å². The molecule has 0 bridgehead atoms. The largest absolute Gasteiger partial charge is 0.323 e. The molecule has 0 saturated carbocycles. The normalized spacial score (nSPS) is 10.8. The first kappa shape index (κ1) is 15.1. The lowest BCUT2D eigenvalue weighted by molar-refractivity contribution is -0.111. The van der Waals surface area contributed by atoms with Gasteiger partial charge in [0.25, 0.3) is 0 Å². The van der Waals surface area contributed by atoms with Crippen molar-refractivity contribution in [2.75, 3.05) is 5.32 Å². The monoisotopic (exact) mass is 321 g/mol. The summed E-state index contributed by atoms with van der Waals surface area (Å²) in [4.78, 5) is 20.6. The highest BCUT2D eigenvalue weighted by atomic mass is 32.1. The number of pyridine rings is 1. The van der Waals surface area contributed by atoms with Crippen LogP contribution in [0.5, 0.6) is 0 Å². The molecule has 1 N–H and O–H groups in total. The molecule has 0 aliphatic rings. The summed E-state index contributed by atoms with van der Waals surface area (Å²) in [6.45, 7) is 1.81. The van der Waals surface area contributed by atoms with Gasteiger partial charge in [-0.05, 0) is 37.3 Å². The SMILES string of the molecule is C/C=C/C(=O)Nc1cccc(-c2csc(-c3ccccn3)n2)c1. The third kappa shape index (κ3) is 3.70. The summed E-state index contributed by atoms with van der Waals surface area (Å²) in [6, 6.07) is 13.4. The van der Waals surface area contributed by atoms with Crippen molar-refractivity contribution in [1.29, 1.82) is 0 Å². The number of carbonyl (C=O) groups is 1. The lowest BCUT2D eigenvalue weighted by Crippen LogP contribution is -2.07. The number of benzene rings is 1. The van der Waals surface area contributed by atoms with Crippen molar-refractivity contribution in [1.82, 2.24) is 9.97 Å². The van der Waals surface area contributed by atoms with Crippen LogP contribution in [0.3, 0.4) is 0 Å². The maximum absolute atomic E-state index is 11.6. The summed E-state index contributed by atoms with van der Waals surface area (Å²) in [7, 11) is 0. The average Bonchev–Trinajstić information content (AvgIpc) is 3.06. The standard InChI is InChI=1S/C18H15N3OS/c1-2-6-17(22)20-14-8-5-7-13(11-14)16-12-23-18(21-16)15-9-3-4-10-19-15/h2-12H,1H3,(H,20,22)/b6-2+. The van der Waals surface area contributed by atoms with E-state index in [0.29, 0.717) is 0 Å². The van der Waals surface area contributed by atoms with Crippen LogP contribution in [0.2, 0.25) is 0 Å². The second-order valence-corrected chi connectivity index (χ2v) is 5.68. The van der Waals surface area contributed by atoms with Crippen LogP contribution in [0.4, 0.5) is 5.69 Å². The van der Waals surface area contributed by atoms with Gasteiger partial charge in [-0.15, -0.1) is 11.3 Å². The fraction of sp³-hybridized carbons (Fsp3) is 0.0556. The zero-order valence-electron chi connectivity index (χ0n) is 12.6. The molecule has 2 aromatic heterocycles. The van der Waals surface area contributed by atoms with Gasteiger partial charge in [-0.1, -0.05) is 24.3 Å². The lowest BCUT2D eigenvalue weighted by Gasteiger charge is -2.04. The van der Waals surface area contributed by atoms with E-state index in [0.717, 1.165) is 27.6 Å². The van der Waals surface area contributed by atoms with Crippen LogP contribution in [0.25, 0.3) is 22.0 Å². The summed E-state index contributed by atoms with van der Waals surface area (Å²) >= 11 is 1.55. The molecule has 3 aromatic rings.